The van der Waals surface area contributed by atoms with Gasteiger partial charge in [0.1, 0.15) is 5.82 Å². The number of benzene rings is 1. The zero-order valence-electron chi connectivity index (χ0n) is 12.8. The molecule has 1 aromatic heterocycles. The van der Waals surface area contributed by atoms with E-state index >= 15 is 0 Å². The number of nitrogens with zero attached hydrogens (tertiary/aromatic N) is 3. The highest BCUT2D eigenvalue weighted by Crippen LogP contribution is 2.27. The zero-order chi connectivity index (χ0) is 15.4. The van der Waals surface area contributed by atoms with Crippen molar-refractivity contribution in [1.82, 2.24) is 9.88 Å². The number of anilines is 1. The van der Waals surface area contributed by atoms with Crippen LogP contribution in [-0.2, 0) is 6.54 Å². The predicted molar refractivity (Wildman–Crippen MR) is 86.4 cm³/mol. The first-order valence-corrected chi connectivity index (χ1v) is 7.50. The van der Waals surface area contributed by atoms with Gasteiger partial charge in [-0.25, -0.2) is 4.98 Å². The van der Waals surface area contributed by atoms with Gasteiger partial charge in [-0.15, -0.1) is 0 Å². The summed E-state index contributed by atoms with van der Waals surface area (Å²) in [6.07, 6.45) is 1.84. The summed E-state index contributed by atoms with van der Waals surface area (Å²) in [7, 11) is 1.57. The number of piperazine rings is 1. The summed E-state index contributed by atoms with van der Waals surface area (Å²) in [6, 6.07) is 11.6. The van der Waals surface area contributed by atoms with Crippen LogP contribution >= 0.6 is 0 Å². The predicted octanol–water partition coefficient (Wildman–Crippen LogP) is 2.12. The maximum Gasteiger partial charge on any atom is 0.160 e. The number of methoxy groups -OCH3 is 1. The van der Waals surface area contributed by atoms with Gasteiger partial charge < -0.3 is 14.7 Å². The fourth-order valence-electron chi connectivity index (χ4n) is 2.75. The molecule has 1 aliphatic rings. The van der Waals surface area contributed by atoms with E-state index in [4.69, 9.17) is 4.74 Å². The fourth-order valence-corrected chi connectivity index (χ4v) is 2.75. The number of aromatic hydroxyl groups is 1. The van der Waals surface area contributed by atoms with Gasteiger partial charge in [-0.3, -0.25) is 4.90 Å². The topological polar surface area (TPSA) is 48.8 Å². The minimum Gasteiger partial charge on any atom is -0.504 e. The van der Waals surface area contributed by atoms with Gasteiger partial charge in [0.25, 0.3) is 0 Å². The SMILES string of the molecule is COc1cc(CN2CCN(c3ccccn3)CC2)ccc1O. The lowest BCUT2D eigenvalue weighted by atomic mass is 10.1. The molecule has 22 heavy (non-hydrogen) atoms. The molecule has 5 nitrogen and oxygen atoms in total. The van der Waals surface area contributed by atoms with Gasteiger partial charge in [-0.2, -0.15) is 0 Å². The van der Waals surface area contributed by atoms with E-state index in [1.807, 2.05) is 30.5 Å². The van der Waals surface area contributed by atoms with Gasteiger partial charge in [-0.1, -0.05) is 12.1 Å². The van der Waals surface area contributed by atoms with Crippen molar-refractivity contribution >= 4 is 5.82 Å². The Hall–Kier alpha value is -2.27. The molecule has 1 fully saturated rings. The van der Waals surface area contributed by atoms with Crippen molar-refractivity contribution in [2.24, 2.45) is 0 Å². The molecule has 0 radical (unpaired) electrons. The van der Waals surface area contributed by atoms with E-state index in [9.17, 15) is 5.11 Å². The number of ether oxygens (including phenoxy) is 1. The van der Waals surface area contributed by atoms with Gasteiger partial charge in [0.15, 0.2) is 11.5 Å². The van der Waals surface area contributed by atoms with Crippen molar-refractivity contribution in [3.63, 3.8) is 0 Å². The first-order chi connectivity index (χ1) is 10.8. The molecule has 0 saturated carbocycles. The number of aromatic nitrogens is 1. The molecule has 1 N–H and O–H groups in total. The first-order valence-electron chi connectivity index (χ1n) is 7.50. The van der Waals surface area contributed by atoms with Crippen LogP contribution in [0.5, 0.6) is 11.5 Å². The van der Waals surface area contributed by atoms with Crippen LogP contribution in [-0.4, -0.2) is 48.3 Å². The standard InChI is InChI=1S/C17H21N3O2/c1-22-16-12-14(5-6-15(16)21)13-19-8-10-20(11-9-19)17-4-2-3-7-18-17/h2-7,12,21H,8-11,13H2,1H3. The molecule has 5 heteroatoms. The van der Waals surface area contributed by atoms with E-state index in [-0.39, 0.29) is 5.75 Å². The number of phenolic OH excluding ortho intramolecular Hbond substituents is 1. The van der Waals surface area contributed by atoms with Gasteiger partial charge in [-0.05, 0) is 29.8 Å². The summed E-state index contributed by atoms with van der Waals surface area (Å²) in [5.41, 5.74) is 1.15. The van der Waals surface area contributed by atoms with Crippen LogP contribution in [0.25, 0.3) is 0 Å². The molecule has 0 amide bonds. The Bertz CT molecular complexity index is 611. The Kier molecular flexibility index (Phi) is 4.44. The average molecular weight is 299 g/mol. The van der Waals surface area contributed by atoms with E-state index in [2.05, 4.69) is 20.9 Å². The Labute approximate surface area is 130 Å². The molecule has 3 rings (SSSR count). The summed E-state index contributed by atoms with van der Waals surface area (Å²) in [5, 5.41) is 9.65. The van der Waals surface area contributed by atoms with Crippen LogP contribution in [0.4, 0.5) is 5.82 Å². The highest BCUT2D eigenvalue weighted by atomic mass is 16.5. The summed E-state index contributed by atoms with van der Waals surface area (Å²) >= 11 is 0. The van der Waals surface area contributed by atoms with E-state index in [1.54, 1.807) is 13.2 Å². The van der Waals surface area contributed by atoms with Gasteiger partial charge in [0.05, 0.1) is 7.11 Å². The van der Waals surface area contributed by atoms with Crippen LogP contribution < -0.4 is 9.64 Å². The third-order valence-electron chi connectivity index (χ3n) is 4.00. The van der Waals surface area contributed by atoms with E-state index in [0.29, 0.717) is 5.75 Å². The molecule has 0 aliphatic carbocycles. The Morgan fingerprint density at radius 3 is 2.64 bits per heavy atom. The van der Waals surface area contributed by atoms with Gasteiger partial charge >= 0.3 is 0 Å². The maximum absolute atomic E-state index is 9.65. The molecule has 0 bridgehead atoms. The maximum atomic E-state index is 9.65. The van der Waals surface area contributed by atoms with Gasteiger partial charge in [0, 0.05) is 38.9 Å². The smallest absolute Gasteiger partial charge is 0.160 e. The van der Waals surface area contributed by atoms with Crippen LogP contribution in [0.3, 0.4) is 0 Å². The van der Waals surface area contributed by atoms with E-state index in [1.165, 1.54) is 0 Å². The van der Waals surface area contributed by atoms with Crippen molar-refractivity contribution in [2.75, 3.05) is 38.2 Å². The lowest BCUT2D eigenvalue weighted by molar-refractivity contribution is 0.249. The van der Waals surface area contributed by atoms with Crippen LogP contribution in [0.15, 0.2) is 42.6 Å². The third-order valence-corrected chi connectivity index (χ3v) is 4.00. The molecule has 2 heterocycles. The molecule has 0 atom stereocenters. The third kappa shape index (κ3) is 3.31. The Morgan fingerprint density at radius 1 is 1.14 bits per heavy atom. The molecule has 0 unspecified atom stereocenters. The van der Waals surface area contributed by atoms with Crippen LogP contribution in [0.1, 0.15) is 5.56 Å². The van der Waals surface area contributed by atoms with E-state index in [0.717, 1.165) is 44.1 Å². The van der Waals surface area contributed by atoms with Crippen LogP contribution in [0.2, 0.25) is 0 Å². The molecular weight excluding hydrogens is 278 g/mol. The second-order valence-corrected chi connectivity index (χ2v) is 5.46. The Morgan fingerprint density at radius 2 is 1.95 bits per heavy atom. The number of pyridine rings is 1. The second-order valence-electron chi connectivity index (χ2n) is 5.46. The minimum absolute atomic E-state index is 0.186. The molecule has 1 saturated heterocycles. The first kappa shape index (κ1) is 14.7. The fraction of sp³-hybridized carbons (Fsp3) is 0.353. The second kappa shape index (κ2) is 6.66. The van der Waals surface area contributed by atoms with Crippen molar-refractivity contribution < 1.29 is 9.84 Å². The van der Waals surface area contributed by atoms with Crippen molar-refractivity contribution in [1.29, 1.82) is 0 Å². The normalized spacial score (nSPS) is 15.8. The largest absolute Gasteiger partial charge is 0.504 e. The van der Waals surface area contributed by atoms with Crippen molar-refractivity contribution in [3.05, 3.63) is 48.2 Å². The minimum atomic E-state index is 0.186. The summed E-state index contributed by atoms with van der Waals surface area (Å²) < 4.78 is 5.16. The molecule has 0 spiro atoms. The van der Waals surface area contributed by atoms with E-state index < -0.39 is 0 Å². The highest BCUT2D eigenvalue weighted by molar-refractivity contribution is 5.42. The van der Waals surface area contributed by atoms with Gasteiger partial charge in [0.2, 0.25) is 0 Å². The lowest BCUT2D eigenvalue weighted by Crippen LogP contribution is -2.46. The summed E-state index contributed by atoms with van der Waals surface area (Å²) in [6.45, 7) is 4.82. The Balaban J connectivity index is 1.58. The number of rotatable bonds is 4. The van der Waals surface area contributed by atoms with Crippen molar-refractivity contribution in [2.45, 2.75) is 6.54 Å². The van der Waals surface area contributed by atoms with Crippen LogP contribution in [0, 0.1) is 0 Å². The quantitative estimate of drug-likeness (QED) is 0.937. The van der Waals surface area contributed by atoms with Crippen molar-refractivity contribution in [3.8, 4) is 11.5 Å². The molecular formula is C17H21N3O2. The number of phenols is 1. The average Bonchev–Trinajstić information content (AvgIpc) is 2.58. The monoisotopic (exact) mass is 299 g/mol. The molecule has 1 aliphatic heterocycles. The lowest BCUT2D eigenvalue weighted by Gasteiger charge is -2.35. The molecule has 1 aromatic carbocycles. The number of hydrogen-bond donors (Lipinski definition) is 1. The summed E-state index contributed by atoms with van der Waals surface area (Å²) in [4.78, 5) is 9.13. The molecule has 2 aromatic rings. The number of hydrogen-bond acceptors (Lipinski definition) is 5. The zero-order valence-corrected chi connectivity index (χ0v) is 12.8. The molecule has 116 valence electrons. The highest BCUT2D eigenvalue weighted by Gasteiger charge is 2.18. The summed E-state index contributed by atoms with van der Waals surface area (Å²) in [5.74, 6) is 1.77.